The van der Waals surface area contributed by atoms with E-state index in [1.54, 1.807) is 6.92 Å². The summed E-state index contributed by atoms with van der Waals surface area (Å²) in [4.78, 5) is 9.49. The summed E-state index contributed by atoms with van der Waals surface area (Å²) in [6.07, 6.45) is 0.549. The maximum Gasteiger partial charge on any atom is 0.306 e. The van der Waals surface area contributed by atoms with Gasteiger partial charge < -0.3 is 0 Å². The molecule has 3 nitrogen and oxygen atoms in total. The molecular formula is C8H7ClFNO2. The van der Waals surface area contributed by atoms with Crippen molar-refractivity contribution in [3.63, 3.8) is 0 Å². The van der Waals surface area contributed by atoms with Crippen LogP contribution < -0.4 is 0 Å². The summed E-state index contributed by atoms with van der Waals surface area (Å²) in [6.45, 7) is 1.80. The molecule has 70 valence electrons. The molecule has 0 aliphatic heterocycles. The fourth-order valence-corrected chi connectivity index (χ4v) is 1.28. The van der Waals surface area contributed by atoms with Gasteiger partial charge >= 0.3 is 5.69 Å². The molecule has 0 aliphatic carbocycles. The molecule has 1 aromatic rings. The van der Waals surface area contributed by atoms with E-state index >= 15 is 0 Å². The Morgan fingerprint density at radius 3 is 2.69 bits per heavy atom. The van der Waals surface area contributed by atoms with E-state index in [1.807, 2.05) is 0 Å². The Morgan fingerprint density at radius 2 is 2.23 bits per heavy atom. The molecule has 0 fully saturated rings. The van der Waals surface area contributed by atoms with Crippen LogP contribution in [-0.4, -0.2) is 4.92 Å². The van der Waals surface area contributed by atoms with Gasteiger partial charge in [0, 0.05) is 6.07 Å². The summed E-state index contributed by atoms with van der Waals surface area (Å²) in [7, 11) is 0. The van der Waals surface area contributed by atoms with Crippen LogP contribution in [0.4, 0.5) is 10.1 Å². The summed E-state index contributed by atoms with van der Waals surface area (Å²) in [6, 6.07) is 2.14. The maximum atomic E-state index is 13.0. The smallest absolute Gasteiger partial charge is 0.258 e. The molecule has 5 heteroatoms. The van der Waals surface area contributed by atoms with Crippen molar-refractivity contribution in [1.82, 2.24) is 0 Å². The molecule has 0 saturated heterocycles. The first-order chi connectivity index (χ1) is 6.06. The number of nitro benzene ring substituents is 1. The number of aryl methyl sites for hydroxylation is 1. The third-order valence-electron chi connectivity index (χ3n) is 1.69. The number of hydrogen-bond donors (Lipinski definition) is 0. The quantitative estimate of drug-likeness (QED) is 0.548. The van der Waals surface area contributed by atoms with Crippen molar-refractivity contribution < 1.29 is 9.31 Å². The first kappa shape index (κ1) is 9.92. The SMILES string of the molecule is CCc1cc(F)c([N+](=O)[O-])cc1Cl. The van der Waals surface area contributed by atoms with Crippen LogP contribution in [0.3, 0.4) is 0 Å². The maximum absolute atomic E-state index is 13.0. The predicted octanol–water partition coefficient (Wildman–Crippen LogP) is 2.95. The predicted molar refractivity (Wildman–Crippen MR) is 47.4 cm³/mol. The molecular weight excluding hydrogens is 197 g/mol. The minimum absolute atomic E-state index is 0.232. The second kappa shape index (κ2) is 3.70. The first-order valence-electron chi connectivity index (χ1n) is 3.68. The second-order valence-electron chi connectivity index (χ2n) is 2.51. The normalized spacial score (nSPS) is 10.1. The van der Waals surface area contributed by atoms with Gasteiger partial charge in [0.1, 0.15) is 0 Å². The lowest BCUT2D eigenvalue weighted by Crippen LogP contribution is -1.94. The van der Waals surface area contributed by atoms with Gasteiger partial charge in [0.05, 0.1) is 9.95 Å². The Labute approximate surface area is 79.3 Å². The van der Waals surface area contributed by atoms with Gasteiger partial charge in [-0.1, -0.05) is 18.5 Å². The summed E-state index contributed by atoms with van der Waals surface area (Å²) in [5.41, 5.74) is -0.00744. The zero-order chi connectivity index (χ0) is 10.0. The highest BCUT2D eigenvalue weighted by Gasteiger charge is 2.16. The van der Waals surface area contributed by atoms with Gasteiger partial charge in [0.25, 0.3) is 0 Å². The fourth-order valence-electron chi connectivity index (χ4n) is 0.988. The minimum atomic E-state index is -0.841. The van der Waals surface area contributed by atoms with Crippen molar-refractivity contribution >= 4 is 17.3 Å². The third-order valence-corrected chi connectivity index (χ3v) is 2.05. The van der Waals surface area contributed by atoms with Crippen LogP contribution in [0.1, 0.15) is 12.5 Å². The van der Waals surface area contributed by atoms with Crippen molar-refractivity contribution in [3.8, 4) is 0 Å². The first-order valence-corrected chi connectivity index (χ1v) is 4.06. The van der Waals surface area contributed by atoms with Crippen molar-refractivity contribution in [1.29, 1.82) is 0 Å². The molecule has 1 rings (SSSR count). The largest absolute Gasteiger partial charge is 0.306 e. The van der Waals surface area contributed by atoms with Crippen LogP contribution >= 0.6 is 11.6 Å². The van der Waals surface area contributed by atoms with Crippen LogP contribution in [0.2, 0.25) is 5.02 Å². The summed E-state index contributed by atoms with van der Waals surface area (Å²) in [5.74, 6) is -0.841. The van der Waals surface area contributed by atoms with Crippen LogP contribution in [0.25, 0.3) is 0 Å². The van der Waals surface area contributed by atoms with Gasteiger partial charge in [-0.2, -0.15) is 4.39 Å². The lowest BCUT2D eigenvalue weighted by atomic mass is 10.1. The van der Waals surface area contributed by atoms with E-state index in [1.165, 1.54) is 0 Å². The van der Waals surface area contributed by atoms with Crippen molar-refractivity contribution in [3.05, 3.63) is 38.7 Å². The van der Waals surface area contributed by atoms with Gasteiger partial charge in [-0.05, 0) is 18.1 Å². The Bertz CT molecular complexity index is 354. The number of rotatable bonds is 2. The van der Waals surface area contributed by atoms with E-state index in [0.29, 0.717) is 12.0 Å². The summed E-state index contributed by atoms with van der Waals surface area (Å²) in [5, 5.41) is 10.5. The molecule has 0 heterocycles. The minimum Gasteiger partial charge on any atom is -0.258 e. The van der Waals surface area contributed by atoms with Crippen LogP contribution in [0.15, 0.2) is 12.1 Å². The van der Waals surface area contributed by atoms with Crippen LogP contribution in [0, 0.1) is 15.9 Å². The lowest BCUT2D eigenvalue weighted by molar-refractivity contribution is -0.387. The highest BCUT2D eigenvalue weighted by Crippen LogP contribution is 2.26. The standard InChI is InChI=1S/C8H7ClFNO2/c1-2-5-3-7(10)8(11(12)13)4-6(5)9/h3-4H,2H2,1H3. The monoisotopic (exact) mass is 203 g/mol. The number of halogens is 2. The summed E-state index contributed by atoms with van der Waals surface area (Å²) < 4.78 is 13.0. The molecule has 0 N–H and O–H groups in total. The third kappa shape index (κ3) is 1.95. The average molecular weight is 204 g/mol. The second-order valence-corrected chi connectivity index (χ2v) is 2.91. The molecule has 0 atom stereocenters. The van der Waals surface area contributed by atoms with E-state index in [4.69, 9.17) is 11.6 Å². The Balaban J connectivity index is 3.28. The topological polar surface area (TPSA) is 43.1 Å². The van der Waals surface area contributed by atoms with Crippen LogP contribution in [0.5, 0.6) is 0 Å². The van der Waals surface area contributed by atoms with E-state index in [2.05, 4.69) is 0 Å². The van der Waals surface area contributed by atoms with Crippen LogP contribution in [-0.2, 0) is 6.42 Å². The Morgan fingerprint density at radius 1 is 1.62 bits per heavy atom. The summed E-state index contributed by atoms with van der Waals surface area (Å²) >= 11 is 5.67. The Kier molecular flexibility index (Phi) is 2.83. The highest BCUT2D eigenvalue weighted by molar-refractivity contribution is 6.31. The molecule has 0 bridgehead atoms. The molecule has 0 aliphatic rings. The zero-order valence-electron chi connectivity index (χ0n) is 6.88. The van der Waals surface area contributed by atoms with E-state index in [9.17, 15) is 14.5 Å². The molecule has 0 unspecified atom stereocenters. The molecule has 13 heavy (non-hydrogen) atoms. The molecule has 0 aromatic heterocycles. The average Bonchev–Trinajstić information content (AvgIpc) is 2.07. The highest BCUT2D eigenvalue weighted by atomic mass is 35.5. The molecule has 0 spiro atoms. The van der Waals surface area contributed by atoms with E-state index < -0.39 is 16.4 Å². The fraction of sp³-hybridized carbons (Fsp3) is 0.250. The van der Waals surface area contributed by atoms with Gasteiger partial charge in [-0.3, -0.25) is 10.1 Å². The lowest BCUT2D eigenvalue weighted by Gasteiger charge is -2.00. The van der Waals surface area contributed by atoms with Crippen molar-refractivity contribution in [2.75, 3.05) is 0 Å². The molecule has 0 saturated carbocycles. The molecule has 1 aromatic carbocycles. The van der Waals surface area contributed by atoms with Crippen molar-refractivity contribution in [2.24, 2.45) is 0 Å². The van der Waals surface area contributed by atoms with Gasteiger partial charge in [0.15, 0.2) is 0 Å². The number of nitrogens with zero attached hydrogens (tertiary/aromatic N) is 1. The number of hydrogen-bond acceptors (Lipinski definition) is 2. The van der Waals surface area contributed by atoms with Gasteiger partial charge in [-0.15, -0.1) is 0 Å². The zero-order valence-corrected chi connectivity index (χ0v) is 7.64. The molecule has 0 radical (unpaired) electrons. The van der Waals surface area contributed by atoms with Gasteiger partial charge in [0.2, 0.25) is 5.82 Å². The number of nitro groups is 1. The Hall–Kier alpha value is -1.16. The number of benzene rings is 1. The molecule has 0 amide bonds. The van der Waals surface area contributed by atoms with E-state index in [-0.39, 0.29) is 5.02 Å². The van der Waals surface area contributed by atoms with E-state index in [0.717, 1.165) is 12.1 Å². The van der Waals surface area contributed by atoms with Gasteiger partial charge in [-0.25, -0.2) is 0 Å². The van der Waals surface area contributed by atoms with Crippen molar-refractivity contribution in [2.45, 2.75) is 13.3 Å².